The lowest BCUT2D eigenvalue weighted by molar-refractivity contribution is 0.404. The minimum absolute atomic E-state index is 0.813. The first-order valence-electron chi connectivity index (χ1n) is 6.12. The standard InChI is InChI=1S/C13H20Br2N2O/c1-3-16-5-4-6-17-9-10-7-11(14)8-12(15)13(10)18-2/h7-8,16-17H,3-6,9H2,1-2H3. The van der Waals surface area contributed by atoms with Crippen molar-refractivity contribution >= 4 is 31.9 Å². The van der Waals surface area contributed by atoms with Crippen LogP contribution in [0.25, 0.3) is 0 Å². The molecule has 3 nitrogen and oxygen atoms in total. The second-order valence-corrected chi connectivity index (χ2v) is 5.73. The van der Waals surface area contributed by atoms with Crippen LogP contribution in [-0.2, 0) is 6.54 Å². The second-order valence-electron chi connectivity index (χ2n) is 3.96. The summed E-state index contributed by atoms with van der Waals surface area (Å²) < 4.78 is 7.44. The van der Waals surface area contributed by atoms with Gasteiger partial charge in [0.05, 0.1) is 11.6 Å². The number of rotatable bonds is 8. The Bertz CT molecular complexity index is 372. The summed E-state index contributed by atoms with van der Waals surface area (Å²) in [5.41, 5.74) is 1.15. The van der Waals surface area contributed by atoms with Gasteiger partial charge in [0, 0.05) is 16.6 Å². The van der Waals surface area contributed by atoms with Gasteiger partial charge in [0.25, 0.3) is 0 Å². The van der Waals surface area contributed by atoms with Gasteiger partial charge in [-0.05, 0) is 54.1 Å². The van der Waals surface area contributed by atoms with E-state index in [0.29, 0.717) is 0 Å². The number of halogens is 2. The van der Waals surface area contributed by atoms with Crippen LogP contribution in [0.4, 0.5) is 0 Å². The fourth-order valence-corrected chi connectivity index (χ4v) is 3.19. The number of benzene rings is 1. The Morgan fingerprint density at radius 1 is 1.17 bits per heavy atom. The molecule has 0 amide bonds. The SMILES string of the molecule is CCNCCCNCc1cc(Br)cc(Br)c1OC. The number of nitrogens with one attached hydrogen (secondary N) is 2. The topological polar surface area (TPSA) is 33.3 Å². The van der Waals surface area contributed by atoms with E-state index in [0.717, 1.165) is 52.9 Å². The summed E-state index contributed by atoms with van der Waals surface area (Å²) in [5, 5.41) is 6.74. The number of hydrogen-bond donors (Lipinski definition) is 2. The van der Waals surface area contributed by atoms with Gasteiger partial charge in [0.1, 0.15) is 5.75 Å². The zero-order valence-corrected chi connectivity index (χ0v) is 14.0. The third kappa shape index (κ3) is 5.26. The maximum atomic E-state index is 5.41. The second kappa shape index (κ2) is 8.91. The third-order valence-electron chi connectivity index (χ3n) is 2.56. The summed E-state index contributed by atoms with van der Waals surface area (Å²) in [7, 11) is 1.70. The molecule has 0 radical (unpaired) electrons. The fraction of sp³-hybridized carbons (Fsp3) is 0.538. The van der Waals surface area contributed by atoms with E-state index in [1.807, 2.05) is 6.07 Å². The molecule has 102 valence electrons. The largest absolute Gasteiger partial charge is 0.495 e. The van der Waals surface area contributed by atoms with Crippen molar-refractivity contribution in [2.75, 3.05) is 26.7 Å². The van der Waals surface area contributed by atoms with E-state index in [4.69, 9.17) is 4.74 Å². The normalized spacial score (nSPS) is 10.7. The molecular weight excluding hydrogens is 360 g/mol. The van der Waals surface area contributed by atoms with Gasteiger partial charge in [-0.25, -0.2) is 0 Å². The maximum absolute atomic E-state index is 5.41. The summed E-state index contributed by atoms with van der Waals surface area (Å²) >= 11 is 7.00. The van der Waals surface area contributed by atoms with Gasteiger partial charge in [0.15, 0.2) is 0 Å². The van der Waals surface area contributed by atoms with Crippen molar-refractivity contribution < 1.29 is 4.74 Å². The van der Waals surface area contributed by atoms with Gasteiger partial charge >= 0.3 is 0 Å². The molecule has 0 fully saturated rings. The molecule has 0 unspecified atom stereocenters. The van der Waals surface area contributed by atoms with Gasteiger partial charge in [0.2, 0.25) is 0 Å². The number of ether oxygens (including phenoxy) is 1. The Morgan fingerprint density at radius 2 is 1.89 bits per heavy atom. The van der Waals surface area contributed by atoms with E-state index in [2.05, 4.69) is 55.5 Å². The van der Waals surface area contributed by atoms with Crippen LogP contribution in [0.3, 0.4) is 0 Å². The van der Waals surface area contributed by atoms with E-state index in [1.165, 1.54) is 0 Å². The predicted molar refractivity (Wildman–Crippen MR) is 83.3 cm³/mol. The molecule has 18 heavy (non-hydrogen) atoms. The summed E-state index contributed by atoms with van der Waals surface area (Å²) in [4.78, 5) is 0. The molecule has 1 aromatic carbocycles. The Labute approximate surface area is 126 Å². The first-order chi connectivity index (χ1) is 8.69. The lowest BCUT2D eigenvalue weighted by atomic mass is 10.2. The van der Waals surface area contributed by atoms with Crippen molar-refractivity contribution in [3.63, 3.8) is 0 Å². The van der Waals surface area contributed by atoms with Gasteiger partial charge in [-0.3, -0.25) is 0 Å². The molecule has 0 spiro atoms. The Balaban J connectivity index is 2.46. The van der Waals surface area contributed by atoms with Crippen molar-refractivity contribution in [2.24, 2.45) is 0 Å². The molecule has 0 atom stereocenters. The number of methoxy groups -OCH3 is 1. The monoisotopic (exact) mass is 378 g/mol. The molecule has 1 rings (SSSR count). The fourth-order valence-electron chi connectivity index (χ4n) is 1.71. The zero-order valence-electron chi connectivity index (χ0n) is 10.9. The highest BCUT2D eigenvalue weighted by molar-refractivity contribution is 9.11. The zero-order chi connectivity index (χ0) is 13.4. The molecule has 0 aromatic heterocycles. The van der Waals surface area contributed by atoms with Crippen molar-refractivity contribution in [2.45, 2.75) is 19.9 Å². The lowest BCUT2D eigenvalue weighted by Gasteiger charge is -2.12. The molecule has 0 heterocycles. The Kier molecular flexibility index (Phi) is 7.90. The van der Waals surface area contributed by atoms with Crippen LogP contribution >= 0.6 is 31.9 Å². The summed E-state index contributed by atoms with van der Waals surface area (Å²) in [6, 6.07) is 4.08. The van der Waals surface area contributed by atoms with Crippen LogP contribution in [0.2, 0.25) is 0 Å². The smallest absolute Gasteiger partial charge is 0.137 e. The van der Waals surface area contributed by atoms with E-state index in [1.54, 1.807) is 7.11 Å². The van der Waals surface area contributed by atoms with Crippen LogP contribution < -0.4 is 15.4 Å². The molecule has 0 saturated heterocycles. The van der Waals surface area contributed by atoms with Crippen LogP contribution in [0, 0.1) is 0 Å². The molecule has 0 bridgehead atoms. The summed E-state index contributed by atoms with van der Waals surface area (Å²) in [5.74, 6) is 0.900. The maximum Gasteiger partial charge on any atom is 0.137 e. The van der Waals surface area contributed by atoms with Gasteiger partial charge in [-0.1, -0.05) is 22.9 Å². The quantitative estimate of drug-likeness (QED) is 0.680. The van der Waals surface area contributed by atoms with Crippen LogP contribution in [0.15, 0.2) is 21.1 Å². The minimum atomic E-state index is 0.813. The van der Waals surface area contributed by atoms with Crippen molar-refractivity contribution in [3.05, 3.63) is 26.6 Å². The van der Waals surface area contributed by atoms with E-state index >= 15 is 0 Å². The molecule has 0 saturated carbocycles. The Hall–Kier alpha value is -0.100. The van der Waals surface area contributed by atoms with E-state index in [-0.39, 0.29) is 0 Å². The molecular formula is C13H20Br2N2O. The molecule has 0 aliphatic carbocycles. The molecule has 1 aromatic rings. The van der Waals surface area contributed by atoms with E-state index in [9.17, 15) is 0 Å². The highest BCUT2D eigenvalue weighted by Crippen LogP contribution is 2.32. The minimum Gasteiger partial charge on any atom is -0.495 e. The average molecular weight is 380 g/mol. The first-order valence-corrected chi connectivity index (χ1v) is 7.71. The van der Waals surface area contributed by atoms with Crippen molar-refractivity contribution in [3.8, 4) is 5.75 Å². The molecule has 5 heteroatoms. The lowest BCUT2D eigenvalue weighted by Crippen LogP contribution is -2.21. The molecule has 0 aliphatic rings. The average Bonchev–Trinajstić information content (AvgIpc) is 2.33. The van der Waals surface area contributed by atoms with Gasteiger partial charge in [-0.15, -0.1) is 0 Å². The van der Waals surface area contributed by atoms with Crippen LogP contribution in [0.5, 0.6) is 5.75 Å². The van der Waals surface area contributed by atoms with Crippen molar-refractivity contribution in [1.82, 2.24) is 10.6 Å². The van der Waals surface area contributed by atoms with Gasteiger partial charge in [-0.2, -0.15) is 0 Å². The van der Waals surface area contributed by atoms with Gasteiger partial charge < -0.3 is 15.4 Å². The third-order valence-corrected chi connectivity index (χ3v) is 3.61. The summed E-state index contributed by atoms with van der Waals surface area (Å²) in [6.07, 6.45) is 1.13. The molecule has 2 N–H and O–H groups in total. The van der Waals surface area contributed by atoms with Crippen molar-refractivity contribution in [1.29, 1.82) is 0 Å². The summed E-state index contributed by atoms with van der Waals surface area (Å²) in [6.45, 7) is 6.03. The van der Waals surface area contributed by atoms with Crippen LogP contribution in [0.1, 0.15) is 18.9 Å². The molecule has 0 aliphatic heterocycles. The first kappa shape index (κ1) is 16.0. The highest BCUT2D eigenvalue weighted by Gasteiger charge is 2.08. The highest BCUT2D eigenvalue weighted by atomic mass is 79.9. The predicted octanol–water partition coefficient (Wildman–Crippen LogP) is 3.31. The Morgan fingerprint density at radius 3 is 2.56 bits per heavy atom. The van der Waals surface area contributed by atoms with E-state index < -0.39 is 0 Å². The number of hydrogen-bond acceptors (Lipinski definition) is 3. The van der Waals surface area contributed by atoms with Crippen LogP contribution in [-0.4, -0.2) is 26.7 Å².